The highest BCUT2D eigenvalue weighted by molar-refractivity contribution is 6.53. The van der Waals surface area contributed by atoms with Crippen LogP contribution in [-0.2, 0) is 18.6 Å². The van der Waals surface area contributed by atoms with Crippen molar-refractivity contribution in [2.45, 2.75) is 122 Å². The predicted molar refractivity (Wildman–Crippen MR) is 107 cm³/mol. The zero-order chi connectivity index (χ0) is 19.4. The molecule has 0 N–H and O–H groups in total. The predicted octanol–water partition coefficient (Wildman–Crippen LogP) is 5.12. The molecule has 148 valence electrons. The minimum Gasteiger partial charge on any atom is -0.403 e. The van der Waals surface area contributed by atoms with Crippen LogP contribution in [0.4, 0.5) is 0 Å². The molecule has 1 atom stereocenters. The fourth-order valence-electron chi connectivity index (χ4n) is 4.44. The van der Waals surface area contributed by atoms with E-state index in [4.69, 9.17) is 18.6 Å². The van der Waals surface area contributed by atoms with Gasteiger partial charge in [0.05, 0.1) is 22.4 Å². The van der Waals surface area contributed by atoms with Gasteiger partial charge in [0.15, 0.2) is 0 Å². The number of hydrogen-bond donors (Lipinski definition) is 0. The summed E-state index contributed by atoms with van der Waals surface area (Å²) in [4.78, 5) is 0. The molecular formula is C20H38B2O4. The maximum Gasteiger partial charge on any atom is 0.460 e. The minimum absolute atomic E-state index is 0.179. The molecule has 1 saturated carbocycles. The Morgan fingerprint density at radius 2 is 1.12 bits per heavy atom. The molecule has 2 heterocycles. The summed E-state index contributed by atoms with van der Waals surface area (Å²) in [6, 6.07) is 0. The Morgan fingerprint density at radius 3 is 1.58 bits per heavy atom. The summed E-state index contributed by atoms with van der Waals surface area (Å²) in [5.74, 6) is 0.934. The highest BCUT2D eigenvalue weighted by atomic mass is 16.7. The third kappa shape index (κ3) is 3.76. The second-order valence-corrected chi connectivity index (χ2v) is 10.6. The van der Waals surface area contributed by atoms with E-state index >= 15 is 0 Å². The third-order valence-electron chi connectivity index (χ3n) is 7.64. The molecule has 2 saturated heterocycles. The van der Waals surface area contributed by atoms with Crippen LogP contribution in [0, 0.1) is 5.92 Å². The first kappa shape index (κ1) is 20.7. The van der Waals surface area contributed by atoms with Crippen molar-refractivity contribution in [3.63, 3.8) is 0 Å². The fourth-order valence-corrected chi connectivity index (χ4v) is 4.44. The zero-order valence-corrected chi connectivity index (χ0v) is 18.2. The van der Waals surface area contributed by atoms with Crippen LogP contribution >= 0.6 is 0 Å². The highest BCUT2D eigenvalue weighted by Crippen LogP contribution is 2.48. The Kier molecular flexibility index (Phi) is 5.40. The van der Waals surface area contributed by atoms with Crippen molar-refractivity contribution in [1.82, 2.24) is 0 Å². The van der Waals surface area contributed by atoms with Crippen LogP contribution in [0.1, 0.15) is 87.5 Å². The fraction of sp³-hybridized carbons (Fsp3) is 1.00. The van der Waals surface area contributed by atoms with Crippen LogP contribution in [0.15, 0.2) is 0 Å². The van der Waals surface area contributed by atoms with Crippen molar-refractivity contribution in [1.29, 1.82) is 0 Å². The lowest BCUT2D eigenvalue weighted by Gasteiger charge is -2.32. The van der Waals surface area contributed by atoms with Gasteiger partial charge < -0.3 is 18.6 Å². The van der Waals surface area contributed by atoms with Gasteiger partial charge in [-0.3, -0.25) is 0 Å². The minimum atomic E-state index is -0.291. The largest absolute Gasteiger partial charge is 0.460 e. The Balaban J connectivity index is 1.77. The van der Waals surface area contributed by atoms with E-state index in [1.54, 1.807) is 0 Å². The Labute approximate surface area is 161 Å². The number of hydrogen-bond acceptors (Lipinski definition) is 4. The molecule has 0 bridgehead atoms. The van der Waals surface area contributed by atoms with Gasteiger partial charge in [0.25, 0.3) is 0 Å². The van der Waals surface area contributed by atoms with Crippen molar-refractivity contribution in [3.8, 4) is 0 Å². The van der Waals surface area contributed by atoms with Crippen LogP contribution in [0.25, 0.3) is 0 Å². The molecule has 4 nitrogen and oxygen atoms in total. The monoisotopic (exact) mass is 364 g/mol. The molecule has 3 fully saturated rings. The molecule has 3 rings (SSSR count). The van der Waals surface area contributed by atoms with Gasteiger partial charge in [-0.2, -0.15) is 0 Å². The van der Waals surface area contributed by atoms with Crippen molar-refractivity contribution in [2.24, 2.45) is 5.92 Å². The van der Waals surface area contributed by atoms with E-state index in [1.165, 1.54) is 32.1 Å². The van der Waals surface area contributed by atoms with Gasteiger partial charge in [0.1, 0.15) is 0 Å². The number of rotatable bonds is 4. The van der Waals surface area contributed by atoms with Crippen molar-refractivity contribution < 1.29 is 18.6 Å². The second-order valence-electron chi connectivity index (χ2n) is 10.6. The standard InChI is InChI=1S/C20H38B2O4/c1-17(2)18(3,4)24-21(23-17)14-16(15-12-10-9-11-13-15)22-25-19(5,6)20(7,8)26-22/h15-16H,9-14H2,1-8H3/t16-/m0/s1. The lowest BCUT2D eigenvalue weighted by Crippen LogP contribution is -2.41. The van der Waals surface area contributed by atoms with Gasteiger partial charge in [0, 0.05) is 0 Å². The maximum atomic E-state index is 6.46. The maximum absolute atomic E-state index is 6.46. The summed E-state index contributed by atoms with van der Waals surface area (Å²) < 4.78 is 25.6. The van der Waals surface area contributed by atoms with Crippen LogP contribution in [0.3, 0.4) is 0 Å². The van der Waals surface area contributed by atoms with E-state index < -0.39 is 0 Å². The molecule has 0 aromatic carbocycles. The Hall–Kier alpha value is -0.0301. The van der Waals surface area contributed by atoms with Crippen molar-refractivity contribution >= 4 is 14.2 Å². The summed E-state index contributed by atoms with van der Waals surface area (Å²) in [6.07, 6.45) is 7.33. The van der Waals surface area contributed by atoms with Crippen LogP contribution in [0.2, 0.25) is 12.1 Å². The summed E-state index contributed by atoms with van der Waals surface area (Å²) >= 11 is 0. The molecule has 0 aromatic rings. The molecule has 0 unspecified atom stereocenters. The second kappa shape index (κ2) is 6.79. The third-order valence-corrected chi connectivity index (χ3v) is 7.64. The molecular weight excluding hydrogens is 326 g/mol. The van der Waals surface area contributed by atoms with Gasteiger partial charge in [-0.25, -0.2) is 0 Å². The summed E-state index contributed by atoms with van der Waals surface area (Å²) in [6.45, 7) is 17.0. The average molecular weight is 364 g/mol. The first-order chi connectivity index (χ1) is 11.8. The summed E-state index contributed by atoms with van der Waals surface area (Å²) in [7, 11) is -0.368. The molecule has 2 aliphatic heterocycles. The molecule has 26 heavy (non-hydrogen) atoms. The van der Waals surface area contributed by atoms with Crippen molar-refractivity contribution in [2.75, 3.05) is 0 Å². The molecule has 0 aromatic heterocycles. The van der Waals surface area contributed by atoms with Gasteiger partial charge in [-0.15, -0.1) is 0 Å². The van der Waals surface area contributed by atoms with E-state index in [1.807, 2.05) is 0 Å². The van der Waals surface area contributed by atoms with Gasteiger partial charge in [-0.05, 0) is 73.4 Å². The molecule has 0 radical (unpaired) electrons. The Morgan fingerprint density at radius 1 is 0.692 bits per heavy atom. The lowest BCUT2D eigenvalue weighted by molar-refractivity contribution is 0.00578. The smallest absolute Gasteiger partial charge is 0.403 e. The molecule has 1 aliphatic carbocycles. The summed E-state index contributed by atoms with van der Waals surface area (Å²) in [5.41, 5.74) is -1.16. The van der Waals surface area contributed by atoms with Gasteiger partial charge in [0.2, 0.25) is 0 Å². The molecule has 6 heteroatoms. The first-order valence-electron chi connectivity index (χ1n) is 10.6. The van der Waals surface area contributed by atoms with Gasteiger partial charge >= 0.3 is 14.2 Å². The normalized spacial score (nSPS) is 31.4. The van der Waals surface area contributed by atoms with Crippen molar-refractivity contribution in [3.05, 3.63) is 0 Å². The van der Waals surface area contributed by atoms with E-state index in [-0.39, 0.29) is 36.6 Å². The van der Waals surface area contributed by atoms with E-state index in [9.17, 15) is 0 Å². The molecule has 0 spiro atoms. The average Bonchev–Trinajstić information content (AvgIpc) is 2.85. The quantitative estimate of drug-likeness (QED) is 0.649. The van der Waals surface area contributed by atoms with Crippen LogP contribution < -0.4 is 0 Å². The first-order valence-corrected chi connectivity index (χ1v) is 10.6. The topological polar surface area (TPSA) is 36.9 Å². The lowest BCUT2D eigenvalue weighted by atomic mass is 9.54. The Bertz CT molecular complexity index is 480. The van der Waals surface area contributed by atoms with Crippen LogP contribution in [-0.4, -0.2) is 36.6 Å². The SMILES string of the molecule is CC1(C)OB(C[C@H](B2OC(C)(C)C(C)(C)O2)C2CCCCC2)OC1(C)C. The van der Waals surface area contributed by atoms with E-state index in [2.05, 4.69) is 55.4 Å². The zero-order valence-electron chi connectivity index (χ0n) is 18.2. The van der Waals surface area contributed by atoms with Gasteiger partial charge in [-0.1, -0.05) is 32.1 Å². The molecule has 3 aliphatic rings. The molecule has 0 amide bonds. The van der Waals surface area contributed by atoms with Crippen LogP contribution in [0.5, 0.6) is 0 Å². The van der Waals surface area contributed by atoms with E-state index in [0.717, 1.165) is 6.32 Å². The highest BCUT2D eigenvalue weighted by Gasteiger charge is 2.58. The van der Waals surface area contributed by atoms with E-state index in [0.29, 0.717) is 11.7 Å². The summed E-state index contributed by atoms with van der Waals surface area (Å²) in [5, 5.41) is 0.